The number of benzene rings is 2. The zero-order chi connectivity index (χ0) is 14.8. The van der Waals surface area contributed by atoms with Crippen LogP contribution in [0.3, 0.4) is 0 Å². The molecule has 20 heavy (non-hydrogen) atoms. The van der Waals surface area contributed by atoms with Gasteiger partial charge in [-0.3, -0.25) is 0 Å². The Bertz CT molecular complexity index is 708. The lowest BCUT2D eigenvalue weighted by Crippen LogP contribution is -1.97. The van der Waals surface area contributed by atoms with Crippen molar-refractivity contribution in [2.75, 3.05) is 6.26 Å². The molecule has 1 N–H and O–H groups in total. The Morgan fingerprint density at radius 2 is 1.80 bits per heavy atom. The third kappa shape index (κ3) is 3.59. The number of halogens is 1. The van der Waals surface area contributed by atoms with E-state index in [4.69, 9.17) is 4.74 Å². The molecule has 0 heterocycles. The van der Waals surface area contributed by atoms with Crippen LogP contribution in [0.1, 0.15) is 5.56 Å². The van der Waals surface area contributed by atoms with Crippen LogP contribution in [0.5, 0.6) is 11.5 Å². The smallest absolute Gasteiger partial charge is 0.175 e. The van der Waals surface area contributed by atoms with Crippen LogP contribution in [0, 0.1) is 0 Å². The Morgan fingerprint density at radius 3 is 2.35 bits per heavy atom. The highest BCUT2D eigenvalue weighted by Gasteiger charge is 2.08. The summed E-state index contributed by atoms with van der Waals surface area (Å²) >= 11 is 3.34. The largest absolute Gasteiger partial charge is 0.457 e. The van der Waals surface area contributed by atoms with E-state index in [1.807, 2.05) is 6.07 Å². The number of hydrogen-bond donors (Lipinski definition) is 1. The molecule has 0 aliphatic carbocycles. The van der Waals surface area contributed by atoms with Gasteiger partial charge in [0.15, 0.2) is 9.84 Å². The van der Waals surface area contributed by atoms with Crippen LogP contribution in [0.15, 0.2) is 51.8 Å². The molecule has 0 radical (unpaired) electrons. The van der Waals surface area contributed by atoms with Gasteiger partial charge in [0.2, 0.25) is 0 Å². The summed E-state index contributed by atoms with van der Waals surface area (Å²) in [6.07, 6.45) is 1.15. The molecular formula is C14H13BrO4S. The Balaban J connectivity index is 2.29. The molecule has 0 aliphatic heterocycles. The van der Waals surface area contributed by atoms with Crippen LogP contribution >= 0.6 is 15.9 Å². The van der Waals surface area contributed by atoms with Gasteiger partial charge in [-0.1, -0.05) is 22.0 Å². The maximum absolute atomic E-state index is 11.4. The van der Waals surface area contributed by atoms with E-state index in [2.05, 4.69) is 15.9 Å². The zero-order valence-electron chi connectivity index (χ0n) is 10.7. The molecule has 0 atom stereocenters. The van der Waals surface area contributed by atoms with Crippen molar-refractivity contribution in [1.82, 2.24) is 0 Å². The van der Waals surface area contributed by atoms with Crippen LogP contribution in [0.25, 0.3) is 0 Å². The van der Waals surface area contributed by atoms with Crippen molar-refractivity contribution in [3.63, 3.8) is 0 Å². The lowest BCUT2D eigenvalue weighted by molar-refractivity contribution is 0.276. The Labute approximate surface area is 126 Å². The Kier molecular flexibility index (Phi) is 4.47. The third-order valence-corrected chi connectivity index (χ3v) is 4.30. The summed E-state index contributed by atoms with van der Waals surface area (Å²) in [6, 6.07) is 11.4. The molecule has 0 saturated carbocycles. The minimum absolute atomic E-state index is 0.135. The van der Waals surface area contributed by atoms with Crippen molar-refractivity contribution >= 4 is 25.8 Å². The molecule has 106 valence electrons. The average molecular weight is 357 g/mol. The number of rotatable bonds is 4. The van der Waals surface area contributed by atoms with Gasteiger partial charge >= 0.3 is 0 Å². The first-order chi connectivity index (χ1) is 9.40. The standard InChI is InChI=1S/C14H13BrO4S/c1-20(17,18)13-6-4-12(5-7-13)19-14-8-11(15)3-2-10(14)9-16/h2-8,16H,9H2,1H3. The van der Waals surface area contributed by atoms with Gasteiger partial charge < -0.3 is 9.84 Å². The second-order valence-corrected chi connectivity index (χ2v) is 7.19. The fourth-order valence-electron chi connectivity index (χ4n) is 1.64. The topological polar surface area (TPSA) is 63.6 Å². The number of ether oxygens (including phenoxy) is 1. The molecule has 0 saturated heterocycles. The summed E-state index contributed by atoms with van der Waals surface area (Å²) in [5.41, 5.74) is 0.653. The number of hydrogen-bond acceptors (Lipinski definition) is 4. The van der Waals surface area contributed by atoms with Crippen molar-refractivity contribution < 1.29 is 18.3 Å². The van der Waals surface area contributed by atoms with Gasteiger partial charge in [-0.25, -0.2) is 8.42 Å². The van der Waals surface area contributed by atoms with E-state index in [1.54, 1.807) is 24.3 Å². The zero-order valence-corrected chi connectivity index (χ0v) is 13.1. The average Bonchev–Trinajstić information content (AvgIpc) is 2.38. The predicted octanol–water partition coefficient (Wildman–Crippen LogP) is 3.14. The van der Waals surface area contributed by atoms with Gasteiger partial charge in [0.05, 0.1) is 11.5 Å². The van der Waals surface area contributed by atoms with E-state index in [0.29, 0.717) is 17.1 Å². The minimum Gasteiger partial charge on any atom is -0.457 e. The highest BCUT2D eigenvalue weighted by Crippen LogP contribution is 2.29. The molecule has 0 aromatic heterocycles. The summed E-state index contributed by atoms with van der Waals surface area (Å²) in [5.74, 6) is 1.03. The highest BCUT2D eigenvalue weighted by atomic mass is 79.9. The lowest BCUT2D eigenvalue weighted by atomic mass is 10.2. The molecule has 0 unspecified atom stereocenters. The van der Waals surface area contributed by atoms with E-state index in [9.17, 15) is 13.5 Å². The summed E-state index contributed by atoms with van der Waals surface area (Å²) < 4.78 is 29.2. The van der Waals surface area contributed by atoms with Crippen molar-refractivity contribution in [3.05, 3.63) is 52.5 Å². The molecule has 0 spiro atoms. The van der Waals surface area contributed by atoms with Crippen LogP contribution in [0.2, 0.25) is 0 Å². The minimum atomic E-state index is -3.22. The normalized spacial score (nSPS) is 11.3. The molecule has 0 bridgehead atoms. The van der Waals surface area contributed by atoms with Gasteiger partial charge in [0, 0.05) is 16.3 Å². The van der Waals surface area contributed by atoms with Gasteiger partial charge in [-0.05, 0) is 36.4 Å². The van der Waals surface area contributed by atoms with Gasteiger partial charge in [-0.2, -0.15) is 0 Å². The van der Waals surface area contributed by atoms with E-state index < -0.39 is 9.84 Å². The van der Waals surface area contributed by atoms with E-state index >= 15 is 0 Å². The van der Waals surface area contributed by atoms with Crippen LogP contribution < -0.4 is 4.74 Å². The SMILES string of the molecule is CS(=O)(=O)c1ccc(Oc2cc(Br)ccc2CO)cc1. The number of sulfone groups is 1. The second-order valence-electron chi connectivity index (χ2n) is 4.26. The maximum atomic E-state index is 11.4. The molecule has 2 rings (SSSR count). The summed E-state index contributed by atoms with van der Waals surface area (Å²) in [4.78, 5) is 0.237. The monoisotopic (exact) mass is 356 g/mol. The highest BCUT2D eigenvalue weighted by molar-refractivity contribution is 9.10. The molecule has 2 aromatic carbocycles. The maximum Gasteiger partial charge on any atom is 0.175 e. The molecular weight excluding hydrogens is 344 g/mol. The first-order valence-electron chi connectivity index (χ1n) is 5.77. The van der Waals surface area contributed by atoms with Crippen LogP contribution in [-0.4, -0.2) is 19.8 Å². The first-order valence-corrected chi connectivity index (χ1v) is 8.46. The first kappa shape index (κ1) is 15.0. The molecule has 2 aromatic rings. The summed E-state index contributed by atoms with van der Waals surface area (Å²) in [7, 11) is -3.22. The summed E-state index contributed by atoms with van der Waals surface area (Å²) in [6.45, 7) is -0.135. The van der Waals surface area contributed by atoms with Gasteiger partial charge in [-0.15, -0.1) is 0 Å². The predicted molar refractivity (Wildman–Crippen MR) is 79.7 cm³/mol. The third-order valence-electron chi connectivity index (χ3n) is 2.68. The molecule has 0 fully saturated rings. The van der Waals surface area contributed by atoms with Crippen molar-refractivity contribution in [2.24, 2.45) is 0 Å². The second kappa shape index (κ2) is 5.95. The molecule has 0 aliphatic rings. The van der Waals surface area contributed by atoms with E-state index in [0.717, 1.165) is 10.7 Å². The van der Waals surface area contributed by atoms with Crippen LogP contribution in [-0.2, 0) is 16.4 Å². The van der Waals surface area contributed by atoms with E-state index in [1.165, 1.54) is 12.1 Å². The molecule has 4 nitrogen and oxygen atoms in total. The van der Waals surface area contributed by atoms with Crippen molar-refractivity contribution in [3.8, 4) is 11.5 Å². The lowest BCUT2D eigenvalue weighted by Gasteiger charge is -2.10. The quantitative estimate of drug-likeness (QED) is 0.913. The fourth-order valence-corrected chi connectivity index (χ4v) is 2.61. The molecule has 0 amide bonds. The van der Waals surface area contributed by atoms with Crippen molar-refractivity contribution in [1.29, 1.82) is 0 Å². The van der Waals surface area contributed by atoms with Crippen molar-refractivity contribution in [2.45, 2.75) is 11.5 Å². The Hall–Kier alpha value is -1.37. The van der Waals surface area contributed by atoms with Gasteiger partial charge in [0.25, 0.3) is 0 Å². The number of aliphatic hydroxyl groups is 1. The van der Waals surface area contributed by atoms with E-state index in [-0.39, 0.29) is 11.5 Å². The fraction of sp³-hybridized carbons (Fsp3) is 0.143. The molecule has 6 heteroatoms. The Morgan fingerprint density at radius 1 is 1.15 bits per heavy atom. The van der Waals surface area contributed by atoms with Crippen LogP contribution in [0.4, 0.5) is 0 Å². The summed E-state index contributed by atoms with van der Waals surface area (Å²) in [5, 5.41) is 9.26. The number of aliphatic hydroxyl groups excluding tert-OH is 1. The van der Waals surface area contributed by atoms with Gasteiger partial charge in [0.1, 0.15) is 11.5 Å².